The summed E-state index contributed by atoms with van der Waals surface area (Å²) < 4.78 is 0. The molecule has 2 rings (SSSR count). The Bertz CT molecular complexity index is 543. The number of carbonyl (C=O) groups is 1. The molecule has 98 valence electrons. The number of carboxylic acid groups (broad SMARTS) is 1. The highest BCUT2D eigenvalue weighted by Gasteiger charge is 2.04. The number of rotatable bonds is 6. The highest BCUT2D eigenvalue weighted by atomic mass is 16.4. The van der Waals surface area contributed by atoms with E-state index >= 15 is 0 Å². The van der Waals surface area contributed by atoms with Crippen molar-refractivity contribution in [3.05, 3.63) is 59.7 Å². The third kappa shape index (κ3) is 4.15. The zero-order valence-electron chi connectivity index (χ0n) is 10.4. The van der Waals surface area contributed by atoms with E-state index < -0.39 is 5.97 Å². The second-order valence-corrected chi connectivity index (χ2v) is 4.10. The molecule has 2 aromatic heterocycles. The van der Waals surface area contributed by atoms with Gasteiger partial charge < -0.3 is 10.4 Å². The van der Waals surface area contributed by atoms with Gasteiger partial charge in [0.25, 0.3) is 0 Å². The van der Waals surface area contributed by atoms with Gasteiger partial charge in [-0.05, 0) is 42.8 Å². The first-order chi connectivity index (χ1) is 9.25. The van der Waals surface area contributed by atoms with E-state index in [2.05, 4.69) is 15.3 Å². The average molecular weight is 257 g/mol. The lowest BCUT2D eigenvalue weighted by Gasteiger charge is -2.05. The van der Waals surface area contributed by atoms with Crippen LogP contribution in [0.3, 0.4) is 0 Å². The number of nitrogens with zero attached hydrogens (tertiary/aromatic N) is 2. The molecule has 2 aromatic rings. The van der Waals surface area contributed by atoms with Crippen LogP contribution in [0.1, 0.15) is 21.7 Å². The van der Waals surface area contributed by atoms with Gasteiger partial charge >= 0.3 is 5.97 Å². The molecule has 0 aliphatic rings. The van der Waals surface area contributed by atoms with Crippen LogP contribution >= 0.6 is 0 Å². The molecule has 19 heavy (non-hydrogen) atoms. The fourth-order valence-corrected chi connectivity index (χ4v) is 1.70. The maximum Gasteiger partial charge on any atom is 0.354 e. The monoisotopic (exact) mass is 257 g/mol. The fraction of sp³-hybridized carbons (Fsp3) is 0.214. The Balaban J connectivity index is 1.80. The van der Waals surface area contributed by atoms with Crippen molar-refractivity contribution in [3.63, 3.8) is 0 Å². The van der Waals surface area contributed by atoms with Crippen molar-refractivity contribution in [2.75, 3.05) is 6.54 Å². The largest absolute Gasteiger partial charge is 0.477 e. The molecule has 0 unspecified atom stereocenters. The second kappa shape index (κ2) is 6.61. The smallest absolute Gasteiger partial charge is 0.354 e. The van der Waals surface area contributed by atoms with Crippen molar-refractivity contribution in [2.45, 2.75) is 13.0 Å². The van der Waals surface area contributed by atoms with Gasteiger partial charge in [-0.1, -0.05) is 6.07 Å². The van der Waals surface area contributed by atoms with Gasteiger partial charge in [-0.15, -0.1) is 0 Å². The SMILES string of the molecule is O=C(O)c1cccc(CNCCc2ccncc2)n1. The first kappa shape index (κ1) is 13.2. The Morgan fingerprint density at radius 1 is 1.21 bits per heavy atom. The van der Waals surface area contributed by atoms with Gasteiger partial charge in [-0.3, -0.25) is 4.98 Å². The van der Waals surface area contributed by atoms with Crippen molar-refractivity contribution in [2.24, 2.45) is 0 Å². The van der Waals surface area contributed by atoms with E-state index in [1.54, 1.807) is 18.5 Å². The summed E-state index contributed by atoms with van der Waals surface area (Å²) in [5.74, 6) is -1.00. The molecular formula is C14H15N3O2. The molecule has 2 heterocycles. The summed E-state index contributed by atoms with van der Waals surface area (Å²) in [6, 6.07) is 8.96. The molecule has 0 radical (unpaired) electrons. The van der Waals surface area contributed by atoms with Gasteiger partial charge in [0.15, 0.2) is 0 Å². The number of hydrogen-bond donors (Lipinski definition) is 2. The van der Waals surface area contributed by atoms with Crippen LogP contribution in [0.15, 0.2) is 42.7 Å². The van der Waals surface area contributed by atoms with E-state index in [4.69, 9.17) is 5.11 Å². The molecule has 0 aromatic carbocycles. The zero-order valence-corrected chi connectivity index (χ0v) is 10.4. The lowest BCUT2D eigenvalue weighted by atomic mass is 10.2. The first-order valence-corrected chi connectivity index (χ1v) is 6.04. The normalized spacial score (nSPS) is 10.3. The number of hydrogen-bond acceptors (Lipinski definition) is 4. The van der Waals surface area contributed by atoms with Crippen LogP contribution in [0, 0.1) is 0 Å². The summed E-state index contributed by atoms with van der Waals surface area (Å²) in [5.41, 5.74) is 2.03. The lowest BCUT2D eigenvalue weighted by molar-refractivity contribution is 0.0690. The minimum absolute atomic E-state index is 0.0773. The van der Waals surface area contributed by atoms with E-state index in [-0.39, 0.29) is 5.69 Å². The molecule has 0 saturated heterocycles. The summed E-state index contributed by atoms with van der Waals surface area (Å²) in [4.78, 5) is 18.8. The summed E-state index contributed by atoms with van der Waals surface area (Å²) in [6.07, 6.45) is 4.45. The van der Waals surface area contributed by atoms with Crippen LogP contribution in [0.25, 0.3) is 0 Å². The number of carboxylic acids is 1. The molecule has 0 aliphatic carbocycles. The van der Waals surface area contributed by atoms with Crippen LogP contribution in [0.5, 0.6) is 0 Å². The first-order valence-electron chi connectivity index (χ1n) is 6.04. The molecule has 0 spiro atoms. The van der Waals surface area contributed by atoms with Crippen molar-refractivity contribution in [1.29, 1.82) is 0 Å². The lowest BCUT2D eigenvalue weighted by Crippen LogP contribution is -2.18. The third-order valence-corrected chi connectivity index (χ3v) is 2.67. The second-order valence-electron chi connectivity index (χ2n) is 4.10. The Kier molecular flexibility index (Phi) is 4.58. The standard InChI is InChI=1S/C14H15N3O2/c18-14(19)13-3-1-2-12(17-13)10-16-9-6-11-4-7-15-8-5-11/h1-5,7-8,16H,6,9-10H2,(H,18,19). The topological polar surface area (TPSA) is 75.1 Å². The molecule has 5 nitrogen and oxygen atoms in total. The average Bonchev–Trinajstić information content (AvgIpc) is 2.45. The highest BCUT2D eigenvalue weighted by molar-refractivity contribution is 5.85. The summed E-state index contributed by atoms with van der Waals surface area (Å²) in [5, 5.41) is 12.1. The molecule has 0 amide bonds. The van der Waals surface area contributed by atoms with Crippen molar-refractivity contribution in [3.8, 4) is 0 Å². The quantitative estimate of drug-likeness (QED) is 0.767. The molecule has 5 heteroatoms. The number of aromatic nitrogens is 2. The van der Waals surface area contributed by atoms with Crippen molar-refractivity contribution in [1.82, 2.24) is 15.3 Å². The van der Waals surface area contributed by atoms with Gasteiger partial charge in [0.1, 0.15) is 5.69 Å². The van der Waals surface area contributed by atoms with Crippen molar-refractivity contribution < 1.29 is 9.90 Å². The minimum Gasteiger partial charge on any atom is -0.477 e. The number of pyridine rings is 2. The fourth-order valence-electron chi connectivity index (χ4n) is 1.70. The third-order valence-electron chi connectivity index (χ3n) is 2.67. The summed E-state index contributed by atoms with van der Waals surface area (Å²) >= 11 is 0. The maximum absolute atomic E-state index is 10.8. The van der Waals surface area contributed by atoms with E-state index in [0.29, 0.717) is 6.54 Å². The molecule has 0 saturated carbocycles. The van der Waals surface area contributed by atoms with E-state index in [0.717, 1.165) is 18.7 Å². The summed E-state index contributed by atoms with van der Waals surface area (Å²) in [7, 11) is 0. The molecule has 0 aliphatic heterocycles. The number of nitrogens with one attached hydrogen (secondary N) is 1. The Labute approximate surface area is 111 Å². The van der Waals surface area contributed by atoms with Gasteiger partial charge in [-0.25, -0.2) is 9.78 Å². The van der Waals surface area contributed by atoms with Crippen LogP contribution in [-0.2, 0) is 13.0 Å². The molecule has 0 atom stereocenters. The van der Waals surface area contributed by atoms with Gasteiger partial charge in [0.05, 0.1) is 5.69 Å². The van der Waals surface area contributed by atoms with Gasteiger partial charge in [-0.2, -0.15) is 0 Å². The molecular weight excluding hydrogens is 242 g/mol. The van der Waals surface area contributed by atoms with Crippen LogP contribution < -0.4 is 5.32 Å². The van der Waals surface area contributed by atoms with Gasteiger partial charge in [0, 0.05) is 18.9 Å². The van der Waals surface area contributed by atoms with Gasteiger partial charge in [0.2, 0.25) is 0 Å². The van der Waals surface area contributed by atoms with Crippen LogP contribution in [0.4, 0.5) is 0 Å². The van der Waals surface area contributed by atoms with E-state index in [1.165, 1.54) is 11.6 Å². The zero-order chi connectivity index (χ0) is 13.5. The van der Waals surface area contributed by atoms with E-state index in [9.17, 15) is 4.79 Å². The van der Waals surface area contributed by atoms with Crippen LogP contribution in [0.2, 0.25) is 0 Å². The van der Waals surface area contributed by atoms with Crippen molar-refractivity contribution >= 4 is 5.97 Å². The molecule has 0 bridgehead atoms. The molecule has 0 fully saturated rings. The van der Waals surface area contributed by atoms with Crippen LogP contribution in [-0.4, -0.2) is 27.6 Å². The Hall–Kier alpha value is -2.27. The maximum atomic E-state index is 10.8. The predicted octanol–water partition coefficient (Wildman–Crippen LogP) is 1.51. The Morgan fingerprint density at radius 3 is 2.74 bits per heavy atom. The predicted molar refractivity (Wildman–Crippen MR) is 70.8 cm³/mol. The molecule has 2 N–H and O–H groups in total. The Morgan fingerprint density at radius 2 is 2.00 bits per heavy atom. The minimum atomic E-state index is -1.00. The van der Waals surface area contributed by atoms with E-state index in [1.807, 2.05) is 18.2 Å². The summed E-state index contributed by atoms with van der Waals surface area (Å²) in [6.45, 7) is 1.37. The highest BCUT2D eigenvalue weighted by Crippen LogP contribution is 2.00. The number of aromatic carboxylic acids is 1.